The van der Waals surface area contributed by atoms with Gasteiger partial charge in [0, 0.05) is 6.08 Å². The van der Waals surface area contributed by atoms with Crippen LogP contribution >= 0.6 is 11.3 Å². The summed E-state index contributed by atoms with van der Waals surface area (Å²) in [5.41, 5.74) is 2.20. The van der Waals surface area contributed by atoms with E-state index in [1.807, 2.05) is 30.3 Å². The van der Waals surface area contributed by atoms with Crippen molar-refractivity contribution in [3.05, 3.63) is 126 Å². The predicted octanol–water partition coefficient (Wildman–Crippen LogP) is 3.36. The molecule has 37 heavy (non-hydrogen) atoms. The van der Waals surface area contributed by atoms with E-state index in [4.69, 9.17) is 13.9 Å². The van der Waals surface area contributed by atoms with Crippen molar-refractivity contribution in [3.63, 3.8) is 0 Å². The number of carbonyl (C=O) groups excluding carboxylic acids is 2. The standard InChI is InChI=1S/C28H22N2O6S/c1-17-23(27(33)36-16-18-7-4-3-5-8-18)24(19-10-12-20(13-11-19)26(32)34-2)30-25(31)22(37-28(30)29-17)15-21-9-6-14-35-21/h3-15,24H,16H2,1-2H3. The van der Waals surface area contributed by atoms with Crippen molar-refractivity contribution in [3.8, 4) is 0 Å². The van der Waals surface area contributed by atoms with Gasteiger partial charge in [-0.2, -0.15) is 0 Å². The number of furan rings is 1. The van der Waals surface area contributed by atoms with Crippen LogP contribution in [0.5, 0.6) is 0 Å². The van der Waals surface area contributed by atoms with Crippen molar-refractivity contribution in [1.29, 1.82) is 0 Å². The van der Waals surface area contributed by atoms with Gasteiger partial charge in [-0.05, 0) is 42.3 Å². The van der Waals surface area contributed by atoms with E-state index in [0.717, 1.165) is 5.56 Å². The Morgan fingerprint density at radius 3 is 2.49 bits per heavy atom. The van der Waals surface area contributed by atoms with Crippen molar-refractivity contribution < 1.29 is 23.5 Å². The fourth-order valence-electron chi connectivity index (χ4n) is 4.12. The van der Waals surface area contributed by atoms with Gasteiger partial charge in [0.05, 0.1) is 40.8 Å². The van der Waals surface area contributed by atoms with Crippen LogP contribution in [-0.4, -0.2) is 23.6 Å². The third-order valence-electron chi connectivity index (χ3n) is 5.92. The molecule has 8 nitrogen and oxygen atoms in total. The zero-order chi connectivity index (χ0) is 25.9. The van der Waals surface area contributed by atoms with Gasteiger partial charge in [0.25, 0.3) is 5.56 Å². The summed E-state index contributed by atoms with van der Waals surface area (Å²) >= 11 is 1.21. The predicted molar refractivity (Wildman–Crippen MR) is 136 cm³/mol. The van der Waals surface area contributed by atoms with Crippen LogP contribution in [0.1, 0.15) is 40.2 Å². The van der Waals surface area contributed by atoms with Gasteiger partial charge in [-0.25, -0.2) is 14.6 Å². The second-order valence-corrected chi connectivity index (χ2v) is 9.28. The summed E-state index contributed by atoms with van der Waals surface area (Å²) in [5.74, 6) is -0.530. The molecule has 3 heterocycles. The lowest BCUT2D eigenvalue weighted by atomic mass is 9.95. The minimum atomic E-state index is -0.801. The molecule has 1 unspecified atom stereocenters. The molecule has 0 amide bonds. The third kappa shape index (κ3) is 4.81. The van der Waals surface area contributed by atoms with Crippen LogP contribution in [0.25, 0.3) is 6.08 Å². The van der Waals surface area contributed by atoms with E-state index >= 15 is 0 Å². The first-order valence-electron chi connectivity index (χ1n) is 11.4. The summed E-state index contributed by atoms with van der Waals surface area (Å²) in [6.45, 7) is 1.80. The summed E-state index contributed by atoms with van der Waals surface area (Å²) in [6, 6.07) is 18.6. The van der Waals surface area contributed by atoms with Crippen molar-refractivity contribution in [2.24, 2.45) is 4.99 Å². The Bertz CT molecular complexity index is 1660. The zero-order valence-electron chi connectivity index (χ0n) is 20.0. The Morgan fingerprint density at radius 2 is 1.81 bits per heavy atom. The number of benzene rings is 2. The highest BCUT2D eigenvalue weighted by Gasteiger charge is 2.33. The summed E-state index contributed by atoms with van der Waals surface area (Å²) in [6.07, 6.45) is 3.17. The molecule has 0 radical (unpaired) electrons. The average molecular weight is 515 g/mol. The van der Waals surface area contributed by atoms with Gasteiger partial charge in [-0.15, -0.1) is 0 Å². The van der Waals surface area contributed by atoms with Crippen LogP contribution in [0.4, 0.5) is 0 Å². The molecular weight excluding hydrogens is 492 g/mol. The molecule has 5 rings (SSSR count). The number of hydrogen-bond donors (Lipinski definition) is 0. The summed E-state index contributed by atoms with van der Waals surface area (Å²) < 4.78 is 17.7. The molecule has 0 N–H and O–H groups in total. The smallest absolute Gasteiger partial charge is 0.338 e. The Hall–Kier alpha value is -4.50. The van der Waals surface area contributed by atoms with E-state index in [9.17, 15) is 14.4 Å². The minimum Gasteiger partial charge on any atom is -0.465 e. The number of nitrogens with zero attached hydrogens (tertiary/aromatic N) is 2. The minimum absolute atomic E-state index is 0.0768. The number of hydrogen-bond acceptors (Lipinski definition) is 8. The second kappa shape index (κ2) is 10.2. The van der Waals surface area contributed by atoms with Gasteiger partial charge in [-0.3, -0.25) is 9.36 Å². The van der Waals surface area contributed by atoms with Crippen LogP contribution in [0.3, 0.4) is 0 Å². The lowest BCUT2D eigenvalue weighted by Gasteiger charge is -2.25. The number of esters is 2. The number of ether oxygens (including phenoxy) is 2. The molecule has 0 fully saturated rings. The van der Waals surface area contributed by atoms with Gasteiger partial charge >= 0.3 is 11.9 Å². The van der Waals surface area contributed by atoms with E-state index in [1.54, 1.807) is 49.4 Å². The number of thiazole rings is 1. The highest BCUT2D eigenvalue weighted by Crippen LogP contribution is 2.31. The fourth-order valence-corrected chi connectivity index (χ4v) is 5.15. The summed E-state index contributed by atoms with van der Waals surface area (Å²) in [4.78, 5) is 44.0. The Balaban J connectivity index is 1.61. The highest BCUT2D eigenvalue weighted by molar-refractivity contribution is 7.07. The molecule has 0 saturated carbocycles. The lowest BCUT2D eigenvalue weighted by molar-refractivity contribution is -0.140. The first-order chi connectivity index (χ1) is 18.0. The zero-order valence-corrected chi connectivity index (χ0v) is 20.9. The molecule has 1 atom stereocenters. The van der Waals surface area contributed by atoms with Crippen LogP contribution < -0.4 is 14.9 Å². The van der Waals surface area contributed by atoms with Gasteiger partial charge < -0.3 is 13.9 Å². The van der Waals surface area contributed by atoms with Crippen molar-refractivity contribution in [1.82, 2.24) is 4.57 Å². The van der Waals surface area contributed by atoms with Gasteiger partial charge in [-0.1, -0.05) is 53.8 Å². The molecule has 0 spiro atoms. The summed E-state index contributed by atoms with van der Waals surface area (Å²) in [7, 11) is 1.31. The lowest BCUT2D eigenvalue weighted by Crippen LogP contribution is -2.39. The fraction of sp³-hybridized carbons (Fsp3) is 0.143. The number of aromatic nitrogens is 1. The highest BCUT2D eigenvalue weighted by atomic mass is 32.1. The van der Waals surface area contributed by atoms with Gasteiger partial charge in [0.15, 0.2) is 4.80 Å². The molecule has 4 aromatic rings. The van der Waals surface area contributed by atoms with Crippen LogP contribution in [0.15, 0.2) is 98.5 Å². The molecular formula is C28H22N2O6S. The average Bonchev–Trinajstić information content (AvgIpc) is 3.54. The monoisotopic (exact) mass is 514 g/mol. The van der Waals surface area contributed by atoms with Crippen LogP contribution in [0.2, 0.25) is 0 Å². The maximum Gasteiger partial charge on any atom is 0.338 e. The maximum atomic E-state index is 13.6. The molecule has 2 aromatic heterocycles. The molecule has 186 valence electrons. The van der Waals surface area contributed by atoms with Crippen LogP contribution in [-0.2, 0) is 20.9 Å². The third-order valence-corrected chi connectivity index (χ3v) is 6.90. The first kappa shape index (κ1) is 24.2. The van der Waals surface area contributed by atoms with E-state index in [-0.39, 0.29) is 17.7 Å². The number of fused-ring (bicyclic) bond motifs is 1. The molecule has 2 aromatic carbocycles. The molecule has 0 aliphatic carbocycles. The quantitative estimate of drug-likeness (QED) is 0.366. The van der Waals surface area contributed by atoms with Crippen molar-refractivity contribution >= 4 is 29.4 Å². The molecule has 0 bridgehead atoms. The number of rotatable bonds is 6. The summed E-state index contributed by atoms with van der Waals surface area (Å²) in [5, 5.41) is 0. The SMILES string of the molecule is COC(=O)c1ccc(C2C(C(=O)OCc3ccccc3)=C(C)N=c3sc(=Cc4ccco4)c(=O)n32)cc1. The maximum absolute atomic E-state index is 13.6. The first-order valence-corrected chi connectivity index (χ1v) is 12.2. The molecule has 1 aliphatic heterocycles. The van der Waals surface area contributed by atoms with Gasteiger partial charge in [0.1, 0.15) is 12.4 Å². The molecule has 9 heteroatoms. The molecule has 1 aliphatic rings. The Labute approximate surface area is 215 Å². The Kier molecular flexibility index (Phi) is 6.70. The Morgan fingerprint density at radius 1 is 1.05 bits per heavy atom. The topological polar surface area (TPSA) is 100 Å². The second-order valence-electron chi connectivity index (χ2n) is 8.27. The number of carbonyl (C=O) groups is 2. The van der Waals surface area contributed by atoms with Crippen molar-refractivity contribution in [2.45, 2.75) is 19.6 Å². The van der Waals surface area contributed by atoms with E-state index in [0.29, 0.717) is 31.9 Å². The van der Waals surface area contributed by atoms with E-state index < -0.39 is 18.0 Å². The van der Waals surface area contributed by atoms with E-state index in [2.05, 4.69) is 4.99 Å². The molecule has 0 saturated heterocycles. The number of methoxy groups -OCH3 is 1. The normalized spacial score (nSPS) is 15.2. The van der Waals surface area contributed by atoms with Crippen molar-refractivity contribution in [2.75, 3.05) is 7.11 Å². The largest absolute Gasteiger partial charge is 0.465 e. The van der Waals surface area contributed by atoms with Crippen LogP contribution in [0, 0.1) is 0 Å². The number of allylic oxidation sites excluding steroid dienone is 1. The van der Waals surface area contributed by atoms with Gasteiger partial charge in [0.2, 0.25) is 0 Å². The van der Waals surface area contributed by atoms with E-state index in [1.165, 1.54) is 29.3 Å².